The van der Waals surface area contributed by atoms with Gasteiger partial charge in [-0.2, -0.15) is 0 Å². The van der Waals surface area contributed by atoms with Gasteiger partial charge in [0, 0.05) is 0 Å². The average molecular weight is 351 g/mol. The first-order valence-corrected chi connectivity index (χ1v) is 7.92. The molecule has 0 aliphatic rings. The van der Waals surface area contributed by atoms with Crippen molar-refractivity contribution in [2.24, 2.45) is 5.84 Å². The van der Waals surface area contributed by atoms with Gasteiger partial charge in [0.25, 0.3) is 0 Å². The molecule has 17 heavy (non-hydrogen) atoms. The zero-order valence-corrected chi connectivity index (χ0v) is 12.6. The molecular weight excluding hydrogens is 344 g/mol. The molecule has 0 fully saturated rings. The first kappa shape index (κ1) is 13.0. The zero-order chi connectivity index (χ0) is 12.3. The van der Waals surface area contributed by atoms with E-state index in [9.17, 15) is 0 Å². The monoisotopic (exact) mass is 350 g/mol. The molecule has 0 saturated heterocycles. The summed E-state index contributed by atoms with van der Waals surface area (Å²) in [5.41, 5.74) is 2.49. The number of aromatic nitrogens is 4. The molecule has 2 heterocycles. The number of hydrazine groups is 1. The number of nitrogens with two attached hydrogens (primary N) is 1. The number of nitrogen functional groups attached to an aromatic ring is 1. The maximum Gasteiger partial charge on any atom is 0.181 e. The molecule has 10 heteroatoms. The van der Waals surface area contributed by atoms with Crippen LogP contribution in [-0.2, 0) is 0 Å². The highest BCUT2D eigenvalue weighted by Gasteiger charge is 2.12. The highest BCUT2D eigenvalue weighted by atomic mass is 79.9. The Morgan fingerprint density at radius 3 is 2.76 bits per heavy atom. The predicted octanol–water partition coefficient (Wildman–Crippen LogP) is 2.25. The van der Waals surface area contributed by atoms with E-state index < -0.39 is 0 Å². The summed E-state index contributed by atoms with van der Waals surface area (Å²) in [7, 11) is 0. The fourth-order valence-electron chi connectivity index (χ4n) is 0.929. The van der Waals surface area contributed by atoms with E-state index in [1.807, 2.05) is 6.26 Å². The zero-order valence-electron chi connectivity index (χ0n) is 8.55. The number of halogens is 1. The molecule has 0 radical (unpaired) electrons. The molecule has 0 saturated carbocycles. The Morgan fingerprint density at radius 2 is 2.12 bits per heavy atom. The van der Waals surface area contributed by atoms with Crippen LogP contribution in [0.15, 0.2) is 24.5 Å². The van der Waals surface area contributed by atoms with Crippen molar-refractivity contribution in [3.05, 3.63) is 10.8 Å². The summed E-state index contributed by atoms with van der Waals surface area (Å²) in [6, 6.07) is 0. The summed E-state index contributed by atoms with van der Waals surface area (Å²) in [6.45, 7) is 0. The minimum absolute atomic E-state index is 0.539. The fourth-order valence-corrected chi connectivity index (χ4v) is 3.83. The molecule has 0 aliphatic heterocycles. The lowest BCUT2D eigenvalue weighted by molar-refractivity contribution is 0.950. The van der Waals surface area contributed by atoms with Gasteiger partial charge in [-0.25, -0.2) is 15.8 Å². The molecular formula is C7H7BrN6S3. The molecule has 3 N–H and O–H groups in total. The van der Waals surface area contributed by atoms with Crippen molar-refractivity contribution in [2.75, 3.05) is 11.7 Å². The summed E-state index contributed by atoms with van der Waals surface area (Å²) >= 11 is 7.89. The molecule has 0 bridgehead atoms. The Balaban J connectivity index is 2.23. The summed E-state index contributed by atoms with van der Waals surface area (Å²) in [6.07, 6.45) is 3.41. The lowest BCUT2D eigenvalue weighted by Gasteiger charge is -2.04. The lowest BCUT2D eigenvalue weighted by Crippen LogP contribution is -2.09. The number of rotatable bonds is 4. The fraction of sp³-hybridized carbons (Fsp3) is 0.143. The smallest absolute Gasteiger partial charge is 0.181 e. The van der Waals surface area contributed by atoms with E-state index in [1.165, 1.54) is 29.4 Å². The third kappa shape index (κ3) is 3.07. The van der Waals surface area contributed by atoms with Gasteiger partial charge in [-0.1, -0.05) is 23.1 Å². The lowest BCUT2D eigenvalue weighted by atomic mass is 10.6. The Hall–Kier alpha value is -0.420. The number of nitrogens with zero attached hydrogens (tertiary/aromatic N) is 4. The van der Waals surface area contributed by atoms with Crippen LogP contribution in [0.3, 0.4) is 0 Å². The van der Waals surface area contributed by atoms with Crippen LogP contribution in [0.4, 0.5) is 5.82 Å². The molecule has 2 aromatic heterocycles. The molecule has 90 valence electrons. The van der Waals surface area contributed by atoms with Gasteiger partial charge in [0.15, 0.2) is 14.5 Å². The third-order valence-corrected chi connectivity index (χ3v) is 5.61. The molecule has 0 aliphatic carbocycles. The predicted molar refractivity (Wildman–Crippen MR) is 73.4 cm³/mol. The van der Waals surface area contributed by atoms with Crippen molar-refractivity contribution in [1.82, 2.24) is 20.2 Å². The SMILES string of the molecule is CSc1nnc(Sc2ncnc(NN)c2Br)s1. The molecule has 0 aromatic carbocycles. The summed E-state index contributed by atoms with van der Waals surface area (Å²) in [5.74, 6) is 5.87. The van der Waals surface area contributed by atoms with Crippen molar-refractivity contribution in [3.8, 4) is 0 Å². The Kier molecular flexibility index (Phi) is 4.56. The van der Waals surface area contributed by atoms with E-state index in [4.69, 9.17) is 5.84 Å². The first-order valence-electron chi connectivity index (χ1n) is 4.27. The number of anilines is 1. The van der Waals surface area contributed by atoms with Crippen molar-refractivity contribution in [2.45, 2.75) is 13.7 Å². The van der Waals surface area contributed by atoms with Gasteiger partial charge >= 0.3 is 0 Å². The van der Waals surface area contributed by atoms with Crippen molar-refractivity contribution >= 4 is 56.6 Å². The van der Waals surface area contributed by atoms with Crippen molar-refractivity contribution in [1.29, 1.82) is 0 Å². The van der Waals surface area contributed by atoms with E-state index in [-0.39, 0.29) is 0 Å². The Bertz CT molecular complexity index is 518. The van der Waals surface area contributed by atoms with E-state index >= 15 is 0 Å². The highest BCUT2D eigenvalue weighted by molar-refractivity contribution is 9.10. The van der Waals surface area contributed by atoms with Crippen LogP contribution in [0.5, 0.6) is 0 Å². The summed E-state index contributed by atoms with van der Waals surface area (Å²) in [5, 5.41) is 8.82. The van der Waals surface area contributed by atoms with Gasteiger partial charge in [-0.3, -0.25) is 0 Å². The second kappa shape index (κ2) is 5.96. The summed E-state index contributed by atoms with van der Waals surface area (Å²) in [4.78, 5) is 8.14. The minimum atomic E-state index is 0.539. The van der Waals surface area contributed by atoms with Crippen molar-refractivity contribution < 1.29 is 0 Å². The van der Waals surface area contributed by atoms with E-state index in [0.717, 1.165) is 13.7 Å². The Morgan fingerprint density at radius 1 is 1.35 bits per heavy atom. The van der Waals surface area contributed by atoms with Crippen LogP contribution in [0, 0.1) is 0 Å². The van der Waals surface area contributed by atoms with Gasteiger partial charge in [0.1, 0.15) is 11.4 Å². The van der Waals surface area contributed by atoms with Crippen LogP contribution < -0.4 is 11.3 Å². The number of hydrogen-bond acceptors (Lipinski definition) is 9. The van der Waals surface area contributed by atoms with Gasteiger partial charge < -0.3 is 5.43 Å². The second-order valence-corrected chi connectivity index (χ2v) is 6.69. The van der Waals surface area contributed by atoms with Gasteiger partial charge in [0.05, 0.1) is 4.47 Å². The topological polar surface area (TPSA) is 89.6 Å². The van der Waals surface area contributed by atoms with Crippen LogP contribution in [-0.4, -0.2) is 26.4 Å². The Labute approximate surface area is 118 Å². The quantitative estimate of drug-likeness (QED) is 0.375. The third-order valence-electron chi connectivity index (χ3n) is 1.64. The molecule has 2 aromatic rings. The summed E-state index contributed by atoms with van der Waals surface area (Å²) < 4.78 is 2.47. The number of nitrogens with one attached hydrogen (secondary N) is 1. The largest absolute Gasteiger partial charge is 0.307 e. The normalized spacial score (nSPS) is 10.5. The minimum Gasteiger partial charge on any atom is -0.307 e. The van der Waals surface area contributed by atoms with E-state index in [0.29, 0.717) is 10.3 Å². The molecule has 0 atom stereocenters. The first-order chi connectivity index (χ1) is 8.24. The number of thioether (sulfide) groups is 1. The van der Waals surface area contributed by atoms with Crippen LogP contribution in [0.2, 0.25) is 0 Å². The molecule has 0 amide bonds. The van der Waals surface area contributed by atoms with Gasteiger partial charge in [-0.15, -0.1) is 10.2 Å². The van der Waals surface area contributed by atoms with E-state index in [1.54, 1.807) is 11.8 Å². The van der Waals surface area contributed by atoms with Crippen LogP contribution >= 0.6 is 50.8 Å². The second-order valence-electron chi connectivity index (χ2n) is 2.63. The highest BCUT2D eigenvalue weighted by Crippen LogP contribution is 2.36. The van der Waals surface area contributed by atoms with Gasteiger partial charge in [-0.05, 0) is 33.9 Å². The maximum atomic E-state index is 5.33. The van der Waals surface area contributed by atoms with Crippen LogP contribution in [0.1, 0.15) is 0 Å². The number of hydrogen-bond donors (Lipinski definition) is 2. The van der Waals surface area contributed by atoms with E-state index in [2.05, 4.69) is 41.5 Å². The van der Waals surface area contributed by atoms with Gasteiger partial charge in [0.2, 0.25) is 0 Å². The van der Waals surface area contributed by atoms with Crippen LogP contribution in [0.25, 0.3) is 0 Å². The standard InChI is InChI=1S/C7H7BrN6S3/c1-15-6-13-14-7(17-6)16-5-3(8)4(12-9)10-2-11-5/h2H,9H2,1H3,(H,10,11,12). The van der Waals surface area contributed by atoms with Crippen molar-refractivity contribution in [3.63, 3.8) is 0 Å². The molecule has 0 unspecified atom stereocenters. The molecule has 2 rings (SSSR count). The molecule has 6 nitrogen and oxygen atoms in total. The average Bonchev–Trinajstić information content (AvgIpc) is 2.79. The maximum absolute atomic E-state index is 5.33. The molecule has 0 spiro atoms.